The van der Waals surface area contributed by atoms with Gasteiger partial charge in [0.1, 0.15) is 0 Å². The van der Waals surface area contributed by atoms with Gasteiger partial charge in [-0.2, -0.15) is 0 Å². The Bertz CT molecular complexity index is 3000. The van der Waals surface area contributed by atoms with E-state index in [9.17, 15) is 0 Å². The smallest absolute Gasteiger partial charge is 0.248 e. The van der Waals surface area contributed by atoms with Crippen LogP contribution in [0.2, 0.25) is 0 Å². The molecule has 4 aliphatic rings. The van der Waals surface area contributed by atoms with E-state index >= 15 is 0 Å². The van der Waals surface area contributed by atoms with Gasteiger partial charge in [0.15, 0.2) is 0 Å². The van der Waals surface area contributed by atoms with Crippen LogP contribution in [-0.2, 0) is 10.8 Å². The molecule has 0 unspecified atom stereocenters. The molecule has 0 radical (unpaired) electrons. The summed E-state index contributed by atoms with van der Waals surface area (Å²) in [6.07, 6.45) is 0. The summed E-state index contributed by atoms with van der Waals surface area (Å²) in [5, 5.41) is 8.66. The molecule has 8 aromatic rings. The van der Waals surface area contributed by atoms with E-state index in [2.05, 4.69) is 202 Å². The first-order chi connectivity index (χ1) is 28.4. The molecule has 0 fully saturated rings. The minimum Gasteiger partial charge on any atom is -0.337 e. The average molecular weight is 777 g/mol. The molecule has 294 valence electrons. The highest BCUT2D eigenvalue weighted by molar-refractivity contribution is 7.02. The van der Waals surface area contributed by atoms with Crippen molar-refractivity contribution in [1.82, 2.24) is 0 Å². The van der Waals surface area contributed by atoms with E-state index in [0.717, 1.165) is 0 Å². The largest absolute Gasteiger partial charge is 0.337 e. The van der Waals surface area contributed by atoms with Crippen LogP contribution in [0, 0.1) is 0 Å². The lowest BCUT2D eigenvalue weighted by atomic mass is 9.31. The van der Waals surface area contributed by atoms with Crippen molar-refractivity contribution < 1.29 is 0 Å². The molecule has 0 saturated heterocycles. The van der Waals surface area contributed by atoms with Crippen molar-refractivity contribution in [1.29, 1.82) is 0 Å². The van der Waals surface area contributed by atoms with E-state index < -0.39 is 0 Å². The number of hydrogen-bond acceptors (Lipinski definition) is 2. The van der Waals surface area contributed by atoms with Gasteiger partial charge < -0.3 is 9.80 Å². The molecule has 0 bridgehead atoms. The van der Waals surface area contributed by atoms with Crippen molar-refractivity contribution in [2.45, 2.75) is 105 Å². The maximum absolute atomic E-state index is 2.68. The summed E-state index contributed by atoms with van der Waals surface area (Å²) in [5.41, 5.74) is 22.0. The third-order valence-corrected chi connectivity index (χ3v) is 14.5. The minimum absolute atomic E-state index is 0.0949. The number of benzene rings is 8. The topological polar surface area (TPSA) is 6.48 Å². The molecule has 2 nitrogen and oxygen atoms in total. The SMILES string of the molecule is CC(C)(C)c1cc2c3c(cc4c(C(C)(C)C)cc5c6c(cc1c3c46)B1c3ccccc3N(C(C)(C)C)c3cccc-5c31)B1c3ccccc3N(C(C)(C)C)c3cccc-2c31. The minimum atomic E-state index is -0.103. The summed E-state index contributed by atoms with van der Waals surface area (Å²) in [6.45, 7) is 29.0. The highest BCUT2D eigenvalue weighted by Gasteiger charge is 2.47. The fourth-order valence-corrected chi connectivity index (χ4v) is 12.5. The Hall–Kier alpha value is -5.47. The van der Waals surface area contributed by atoms with Gasteiger partial charge in [-0.3, -0.25) is 0 Å². The Balaban J connectivity index is 1.32. The Morgan fingerprint density at radius 2 is 0.717 bits per heavy atom. The second-order valence-electron chi connectivity index (χ2n) is 22.4. The highest BCUT2D eigenvalue weighted by atomic mass is 15.2. The average Bonchev–Trinajstić information content (AvgIpc) is 3.18. The van der Waals surface area contributed by atoms with E-state index in [1.165, 1.54) is 121 Å². The van der Waals surface area contributed by atoms with Gasteiger partial charge in [0.2, 0.25) is 13.4 Å². The van der Waals surface area contributed by atoms with Gasteiger partial charge in [-0.05, 0) is 176 Å². The maximum atomic E-state index is 2.68. The molecule has 4 heteroatoms. The van der Waals surface area contributed by atoms with Crippen LogP contribution >= 0.6 is 0 Å². The zero-order chi connectivity index (χ0) is 41.7. The molecule has 4 heterocycles. The molecule has 0 N–H and O–H groups in total. The highest BCUT2D eigenvalue weighted by Crippen LogP contribution is 2.51. The van der Waals surface area contributed by atoms with E-state index in [4.69, 9.17) is 0 Å². The Labute approximate surface area is 357 Å². The predicted molar refractivity (Wildman–Crippen MR) is 264 cm³/mol. The quantitative estimate of drug-likeness (QED) is 0.112. The van der Waals surface area contributed by atoms with Crippen molar-refractivity contribution >= 4 is 101 Å². The number of anilines is 4. The van der Waals surface area contributed by atoms with Gasteiger partial charge in [0, 0.05) is 33.8 Å². The molecule has 0 spiro atoms. The summed E-state index contributed by atoms with van der Waals surface area (Å²) >= 11 is 0. The van der Waals surface area contributed by atoms with Crippen LogP contribution in [-0.4, -0.2) is 24.5 Å². The lowest BCUT2D eigenvalue weighted by Gasteiger charge is -2.47. The first kappa shape index (κ1) is 36.4. The normalized spacial score (nSPS) is 15.2. The molecule has 0 amide bonds. The van der Waals surface area contributed by atoms with Gasteiger partial charge in [-0.1, -0.05) is 125 Å². The van der Waals surface area contributed by atoms with Crippen LogP contribution in [0.4, 0.5) is 22.7 Å². The molecule has 60 heavy (non-hydrogen) atoms. The molecular formula is C56H54B2N2. The summed E-state index contributed by atoms with van der Waals surface area (Å²) in [7, 11) is 0. The van der Waals surface area contributed by atoms with E-state index in [0.29, 0.717) is 0 Å². The first-order valence-electron chi connectivity index (χ1n) is 22.3. The second-order valence-corrected chi connectivity index (χ2v) is 22.4. The van der Waals surface area contributed by atoms with E-state index in [1.807, 2.05) is 0 Å². The van der Waals surface area contributed by atoms with Crippen LogP contribution in [0.15, 0.2) is 109 Å². The van der Waals surface area contributed by atoms with Crippen LogP contribution in [0.5, 0.6) is 0 Å². The van der Waals surface area contributed by atoms with E-state index in [-0.39, 0.29) is 35.3 Å². The van der Waals surface area contributed by atoms with Crippen molar-refractivity contribution in [3.05, 3.63) is 120 Å². The second kappa shape index (κ2) is 11.3. The molecule has 0 aliphatic carbocycles. The number of para-hydroxylation sites is 2. The predicted octanol–water partition coefficient (Wildman–Crippen LogP) is 10.7. The van der Waals surface area contributed by atoms with Crippen LogP contribution in [0.1, 0.15) is 94.2 Å². The van der Waals surface area contributed by atoms with Crippen LogP contribution in [0.3, 0.4) is 0 Å². The third kappa shape index (κ3) is 4.48. The fourth-order valence-electron chi connectivity index (χ4n) is 12.5. The first-order valence-corrected chi connectivity index (χ1v) is 22.3. The standard InChI is InChI=1S/C56H54B2N2/c1-53(2,3)37-27-33-31-19-17-25-45-51(31)58(40-22-14-16-24-44(40)59(45)55(7,8)9)42-30-36-38(54(4,5)6)28-34-32-20-18-26-46-52(32)57(39-21-13-15-23-43(39)60(46)56(10,11)12)41-29-35(37)49(47(33)42)50(36)48(34)41/h13-30H,1-12H3. The third-order valence-electron chi connectivity index (χ3n) is 14.5. The Morgan fingerprint density at radius 3 is 1.08 bits per heavy atom. The van der Waals surface area contributed by atoms with E-state index in [1.54, 1.807) is 0 Å². The van der Waals surface area contributed by atoms with Gasteiger partial charge in [0.25, 0.3) is 0 Å². The van der Waals surface area contributed by atoms with Crippen LogP contribution in [0.25, 0.3) is 54.6 Å². The fraction of sp³-hybridized carbons (Fsp3) is 0.286. The lowest BCUT2D eigenvalue weighted by Crippen LogP contribution is -2.62. The monoisotopic (exact) mass is 776 g/mol. The molecular weight excluding hydrogens is 722 g/mol. The van der Waals surface area contributed by atoms with Crippen molar-refractivity contribution in [3.63, 3.8) is 0 Å². The molecule has 4 aliphatic heterocycles. The maximum Gasteiger partial charge on any atom is 0.248 e. The Kier molecular flexibility index (Phi) is 6.83. The summed E-state index contributed by atoms with van der Waals surface area (Å²) < 4.78 is 0. The van der Waals surface area contributed by atoms with Crippen molar-refractivity contribution in [3.8, 4) is 22.3 Å². The summed E-state index contributed by atoms with van der Waals surface area (Å²) in [4.78, 5) is 5.23. The zero-order valence-electron chi connectivity index (χ0n) is 37.4. The van der Waals surface area contributed by atoms with Gasteiger partial charge in [-0.25, -0.2) is 0 Å². The molecule has 0 saturated carbocycles. The van der Waals surface area contributed by atoms with Gasteiger partial charge >= 0.3 is 0 Å². The molecule has 12 rings (SSSR count). The van der Waals surface area contributed by atoms with Gasteiger partial charge in [0.05, 0.1) is 0 Å². The number of nitrogens with zero attached hydrogens (tertiary/aromatic N) is 2. The number of rotatable bonds is 0. The lowest BCUT2D eigenvalue weighted by molar-refractivity contribution is 0.561. The van der Waals surface area contributed by atoms with Crippen molar-refractivity contribution in [2.75, 3.05) is 9.80 Å². The zero-order valence-corrected chi connectivity index (χ0v) is 37.4. The van der Waals surface area contributed by atoms with Crippen molar-refractivity contribution in [2.24, 2.45) is 0 Å². The molecule has 0 atom stereocenters. The summed E-state index contributed by atoms with van der Waals surface area (Å²) in [5.74, 6) is 0. The summed E-state index contributed by atoms with van der Waals surface area (Å²) in [6, 6.07) is 43.4. The van der Waals surface area contributed by atoms with Crippen LogP contribution < -0.4 is 42.6 Å². The number of fused-ring (bicyclic) bond motifs is 8. The molecule has 8 aromatic carbocycles. The number of hydrogen-bond donors (Lipinski definition) is 0. The Morgan fingerprint density at radius 1 is 0.350 bits per heavy atom. The van der Waals surface area contributed by atoms with Gasteiger partial charge in [-0.15, -0.1) is 0 Å². The molecule has 0 aromatic heterocycles.